The van der Waals surface area contributed by atoms with Crippen LogP contribution in [0.1, 0.15) is 16.1 Å². The minimum Gasteiger partial charge on any atom is -0.455 e. The number of carbonyl (C=O) groups excluding carboxylic acids is 1. The number of benzene rings is 2. The first-order chi connectivity index (χ1) is 11.5. The second-order valence-electron chi connectivity index (χ2n) is 4.86. The van der Waals surface area contributed by atoms with Crippen LogP contribution in [0.2, 0.25) is 10.0 Å². The van der Waals surface area contributed by atoms with Crippen LogP contribution in [-0.2, 0) is 11.3 Å². The van der Waals surface area contributed by atoms with Crippen LogP contribution in [0.5, 0.6) is 0 Å². The quantitative estimate of drug-likeness (QED) is 0.600. The molecule has 122 valence electrons. The van der Waals surface area contributed by atoms with Crippen molar-refractivity contribution >= 4 is 29.2 Å². The molecule has 0 aliphatic heterocycles. The summed E-state index contributed by atoms with van der Waals surface area (Å²) in [6.45, 7) is -0.166. The van der Waals surface area contributed by atoms with E-state index in [0.717, 1.165) is 11.6 Å². The van der Waals surface area contributed by atoms with E-state index in [0.29, 0.717) is 16.5 Å². The van der Waals surface area contributed by atoms with Gasteiger partial charge in [0.25, 0.3) is 0 Å². The van der Waals surface area contributed by atoms with E-state index in [-0.39, 0.29) is 17.2 Å². The summed E-state index contributed by atoms with van der Waals surface area (Å²) in [5.41, 5.74) is 0.864. The Kier molecular flexibility index (Phi) is 4.83. The maximum atomic E-state index is 13.7. The highest BCUT2D eigenvalue weighted by atomic mass is 35.5. The Labute approximate surface area is 146 Å². The van der Waals surface area contributed by atoms with Gasteiger partial charge in [-0.15, -0.1) is 0 Å². The van der Waals surface area contributed by atoms with Gasteiger partial charge in [0.15, 0.2) is 5.76 Å². The highest BCUT2D eigenvalue weighted by molar-refractivity contribution is 6.33. The second-order valence-corrected chi connectivity index (χ2v) is 5.71. The first-order valence-corrected chi connectivity index (χ1v) is 7.63. The zero-order valence-corrected chi connectivity index (χ0v) is 13.6. The number of hydrogen-bond acceptors (Lipinski definition) is 4. The number of halogens is 3. The molecule has 0 N–H and O–H groups in total. The van der Waals surface area contributed by atoms with Crippen molar-refractivity contribution in [3.8, 4) is 11.3 Å². The molecule has 0 aliphatic rings. The van der Waals surface area contributed by atoms with E-state index in [2.05, 4.69) is 5.16 Å². The summed E-state index contributed by atoms with van der Waals surface area (Å²) in [5.74, 6) is -1.11. The molecule has 7 heteroatoms. The molecule has 3 rings (SSSR count). The fraction of sp³-hybridized carbons (Fsp3) is 0.0588. The Morgan fingerprint density at radius 1 is 1.17 bits per heavy atom. The second kappa shape index (κ2) is 7.03. The van der Waals surface area contributed by atoms with Crippen LogP contribution in [0.3, 0.4) is 0 Å². The van der Waals surface area contributed by atoms with E-state index in [9.17, 15) is 9.18 Å². The maximum Gasteiger partial charge on any atom is 0.343 e. The van der Waals surface area contributed by atoms with E-state index in [4.69, 9.17) is 32.5 Å². The first kappa shape index (κ1) is 16.5. The van der Waals surface area contributed by atoms with Gasteiger partial charge in [-0.25, -0.2) is 9.18 Å². The highest BCUT2D eigenvalue weighted by Crippen LogP contribution is 2.23. The molecular formula is C17H10Cl2FNO3. The van der Waals surface area contributed by atoms with Crippen molar-refractivity contribution < 1.29 is 18.4 Å². The maximum absolute atomic E-state index is 13.7. The summed E-state index contributed by atoms with van der Waals surface area (Å²) >= 11 is 11.6. The summed E-state index contributed by atoms with van der Waals surface area (Å²) in [6, 6.07) is 12.6. The normalized spacial score (nSPS) is 10.6. The summed E-state index contributed by atoms with van der Waals surface area (Å²) in [4.78, 5) is 12.0. The lowest BCUT2D eigenvalue weighted by Gasteiger charge is -2.05. The van der Waals surface area contributed by atoms with Gasteiger partial charge >= 0.3 is 5.97 Å². The lowest BCUT2D eigenvalue weighted by molar-refractivity contribution is 0.0459. The minimum absolute atomic E-state index is 0.0120. The molecule has 0 fully saturated rings. The van der Waals surface area contributed by atoms with Gasteiger partial charge in [0, 0.05) is 16.7 Å². The number of aromatic nitrogens is 1. The number of esters is 1. The lowest BCUT2D eigenvalue weighted by atomic mass is 10.1. The van der Waals surface area contributed by atoms with Gasteiger partial charge in [0.05, 0.1) is 5.02 Å². The van der Waals surface area contributed by atoms with E-state index >= 15 is 0 Å². The molecule has 1 aromatic heterocycles. The Morgan fingerprint density at radius 2 is 1.92 bits per heavy atom. The Hall–Kier alpha value is -2.37. The molecule has 0 saturated heterocycles. The average Bonchev–Trinajstić information content (AvgIpc) is 3.02. The number of carbonyl (C=O) groups is 1. The zero-order chi connectivity index (χ0) is 17.1. The highest BCUT2D eigenvalue weighted by Gasteiger charge is 2.18. The molecule has 2 aromatic carbocycles. The molecular weight excluding hydrogens is 356 g/mol. The summed E-state index contributed by atoms with van der Waals surface area (Å²) in [7, 11) is 0. The third kappa shape index (κ3) is 3.58. The molecule has 0 bridgehead atoms. The predicted molar refractivity (Wildman–Crippen MR) is 87.5 cm³/mol. The van der Waals surface area contributed by atoms with Crippen LogP contribution in [0.4, 0.5) is 4.39 Å². The van der Waals surface area contributed by atoms with Crippen LogP contribution >= 0.6 is 23.2 Å². The molecule has 4 nitrogen and oxygen atoms in total. The Morgan fingerprint density at radius 3 is 2.62 bits per heavy atom. The fourth-order valence-electron chi connectivity index (χ4n) is 2.03. The van der Waals surface area contributed by atoms with Crippen LogP contribution in [0, 0.1) is 5.82 Å². The standard InChI is InChI=1S/C17H10Cl2FNO3/c18-11-6-4-10(5-7-11)15-8-12(21-24-15)9-23-17(22)16-13(19)2-1-3-14(16)20/h1-8H,9H2. The van der Waals surface area contributed by atoms with Crippen molar-refractivity contribution in [3.05, 3.63) is 75.7 Å². The summed E-state index contributed by atoms with van der Waals surface area (Å²) in [6.07, 6.45) is 0. The summed E-state index contributed by atoms with van der Waals surface area (Å²) < 4.78 is 23.9. The van der Waals surface area contributed by atoms with Gasteiger partial charge in [0.2, 0.25) is 0 Å². The third-order valence-corrected chi connectivity index (χ3v) is 3.77. The molecule has 0 unspecified atom stereocenters. The van der Waals surface area contributed by atoms with Gasteiger partial charge in [-0.1, -0.05) is 34.4 Å². The van der Waals surface area contributed by atoms with E-state index in [1.54, 1.807) is 30.3 Å². The SMILES string of the molecule is O=C(OCc1cc(-c2ccc(Cl)cc2)on1)c1c(F)cccc1Cl. The lowest BCUT2D eigenvalue weighted by Crippen LogP contribution is -2.08. The monoisotopic (exact) mass is 365 g/mol. The number of nitrogens with zero attached hydrogens (tertiary/aromatic N) is 1. The largest absolute Gasteiger partial charge is 0.455 e. The van der Waals surface area contributed by atoms with Gasteiger partial charge in [-0.2, -0.15) is 0 Å². The predicted octanol–water partition coefficient (Wildman–Crippen LogP) is 5.14. The van der Waals surface area contributed by atoms with Crippen molar-refractivity contribution in [2.45, 2.75) is 6.61 Å². The minimum atomic E-state index is -0.867. The third-order valence-electron chi connectivity index (χ3n) is 3.21. The van der Waals surface area contributed by atoms with Crippen molar-refractivity contribution in [1.29, 1.82) is 0 Å². The smallest absolute Gasteiger partial charge is 0.343 e. The van der Waals surface area contributed by atoms with Crippen molar-refractivity contribution in [1.82, 2.24) is 5.16 Å². The van der Waals surface area contributed by atoms with Crippen molar-refractivity contribution in [2.75, 3.05) is 0 Å². The molecule has 0 spiro atoms. The van der Waals surface area contributed by atoms with E-state index < -0.39 is 11.8 Å². The van der Waals surface area contributed by atoms with Gasteiger partial charge < -0.3 is 9.26 Å². The van der Waals surface area contributed by atoms with E-state index in [1.165, 1.54) is 12.1 Å². The van der Waals surface area contributed by atoms with Crippen LogP contribution in [0.15, 0.2) is 53.1 Å². The van der Waals surface area contributed by atoms with Crippen LogP contribution in [-0.4, -0.2) is 11.1 Å². The molecule has 0 radical (unpaired) electrons. The van der Waals surface area contributed by atoms with Crippen molar-refractivity contribution in [3.63, 3.8) is 0 Å². The average molecular weight is 366 g/mol. The van der Waals surface area contributed by atoms with Crippen molar-refractivity contribution in [2.24, 2.45) is 0 Å². The van der Waals surface area contributed by atoms with Crippen LogP contribution in [0.25, 0.3) is 11.3 Å². The number of rotatable bonds is 4. The summed E-state index contributed by atoms with van der Waals surface area (Å²) in [5, 5.41) is 4.41. The fourth-order valence-corrected chi connectivity index (χ4v) is 2.40. The Balaban J connectivity index is 1.69. The van der Waals surface area contributed by atoms with Gasteiger partial charge in [-0.05, 0) is 36.4 Å². The first-order valence-electron chi connectivity index (χ1n) is 6.87. The molecule has 3 aromatic rings. The molecule has 0 atom stereocenters. The van der Waals surface area contributed by atoms with Gasteiger partial charge in [0.1, 0.15) is 23.7 Å². The van der Waals surface area contributed by atoms with E-state index in [1.807, 2.05) is 0 Å². The Bertz CT molecular complexity index is 858. The molecule has 0 saturated carbocycles. The van der Waals surface area contributed by atoms with Crippen LogP contribution < -0.4 is 0 Å². The number of hydrogen-bond donors (Lipinski definition) is 0. The topological polar surface area (TPSA) is 52.3 Å². The van der Waals surface area contributed by atoms with Gasteiger partial charge in [-0.3, -0.25) is 0 Å². The number of ether oxygens (including phenoxy) is 1. The molecule has 24 heavy (non-hydrogen) atoms. The molecule has 0 aliphatic carbocycles. The molecule has 0 amide bonds. The zero-order valence-electron chi connectivity index (χ0n) is 12.1. The molecule has 1 heterocycles.